The Morgan fingerprint density at radius 3 is 2.03 bits per heavy atom. The molecule has 7 nitrogen and oxygen atoms in total. The van der Waals surface area contributed by atoms with E-state index in [9.17, 15) is 18.0 Å². The van der Waals surface area contributed by atoms with Gasteiger partial charge in [0.1, 0.15) is 0 Å². The average molecular weight is 460 g/mol. The molecule has 0 saturated carbocycles. The van der Waals surface area contributed by atoms with Gasteiger partial charge in [0.25, 0.3) is 5.91 Å². The van der Waals surface area contributed by atoms with Gasteiger partial charge < -0.3 is 10.6 Å². The first-order valence-corrected chi connectivity index (χ1v) is 12.6. The highest BCUT2D eigenvalue weighted by Gasteiger charge is 2.23. The number of carbonyl (C=O) groups excluding carboxylic acids is 2. The van der Waals surface area contributed by atoms with Gasteiger partial charge in [0.15, 0.2) is 0 Å². The highest BCUT2D eigenvalue weighted by atomic mass is 32.2. The van der Waals surface area contributed by atoms with Crippen molar-refractivity contribution < 1.29 is 18.0 Å². The zero-order chi connectivity index (χ0) is 23.4. The second-order valence-corrected chi connectivity index (χ2v) is 9.49. The van der Waals surface area contributed by atoms with Gasteiger partial charge in [-0.05, 0) is 49.2 Å². The highest BCUT2D eigenvalue weighted by Crippen LogP contribution is 2.20. The summed E-state index contributed by atoms with van der Waals surface area (Å²) in [5.41, 5.74) is 1.05. The third-order valence-corrected chi connectivity index (χ3v) is 6.88. The molecule has 0 bridgehead atoms. The van der Waals surface area contributed by atoms with Gasteiger partial charge in [-0.1, -0.05) is 44.9 Å². The SMILES string of the molecule is CCCCN(CCCC)S(=O)(=O)c1ccc(NC(=O)CCNC(=O)c2ccccc2)cc1. The summed E-state index contributed by atoms with van der Waals surface area (Å²) >= 11 is 0. The molecule has 2 rings (SSSR count). The van der Waals surface area contributed by atoms with Crippen molar-refractivity contribution >= 4 is 27.5 Å². The molecule has 0 atom stereocenters. The molecule has 0 radical (unpaired) electrons. The van der Waals surface area contributed by atoms with Crippen molar-refractivity contribution in [3.63, 3.8) is 0 Å². The number of sulfonamides is 1. The normalized spacial score (nSPS) is 11.3. The van der Waals surface area contributed by atoms with Gasteiger partial charge in [0, 0.05) is 37.3 Å². The van der Waals surface area contributed by atoms with Crippen molar-refractivity contribution in [2.24, 2.45) is 0 Å². The summed E-state index contributed by atoms with van der Waals surface area (Å²) in [5, 5.41) is 5.44. The Bertz CT molecular complexity index is 952. The topological polar surface area (TPSA) is 95.6 Å². The second kappa shape index (κ2) is 13.0. The van der Waals surface area contributed by atoms with Crippen molar-refractivity contribution in [1.29, 1.82) is 0 Å². The van der Waals surface area contributed by atoms with Gasteiger partial charge in [-0.2, -0.15) is 4.31 Å². The number of rotatable bonds is 13. The van der Waals surface area contributed by atoms with E-state index < -0.39 is 10.0 Å². The molecule has 0 unspecified atom stereocenters. The Balaban J connectivity index is 1.90. The smallest absolute Gasteiger partial charge is 0.251 e. The zero-order valence-electron chi connectivity index (χ0n) is 18.8. The first-order chi connectivity index (χ1) is 15.4. The molecule has 0 fully saturated rings. The van der Waals surface area contributed by atoms with E-state index in [1.54, 1.807) is 40.7 Å². The van der Waals surface area contributed by atoms with E-state index in [1.165, 1.54) is 12.1 Å². The van der Waals surface area contributed by atoms with Crippen molar-refractivity contribution in [2.75, 3.05) is 25.0 Å². The molecule has 0 aliphatic heterocycles. The van der Waals surface area contributed by atoms with E-state index in [0.717, 1.165) is 25.7 Å². The Hall–Kier alpha value is -2.71. The van der Waals surface area contributed by atoms with Crippen molar-refractivity contribution in [3.05, 3.63) is 60.2 Å². The number of anilines is 1. The molecule has 0 aliphatic carbocycles. The standard InChI is InChI=1S/C24H33N3O4S/c1-3-5-18-27(19-6-4-2)32(30,31)22-14-12-21(13-15-22)26-23(28)16-17-25-24(29)20-10-8-7-9-11-20/h7-15H,3-6,16-19H2,1-2H3,(H,25,29)(H,26,28). The molecule has 0 aromatic heterocycles. The van der Waals surface area contributed by atoms with Crippen molar-refractivity contribution in [2.45, 2.75) is 50.8 Å². The Labute approximate surface area is 191 Å². The second-order valence-electron chi connectivity index (χ2n) is 7.56. The molecule has 0 spiro atoms. The van der Waals surface area contributed by atoms with Crippen molar-refractivity contribution in [3.8, 4) is 0 Å². The van der Waals surface area contributed by atoms with Crippen LogP contribution >= 0.6 is 0 Å². The summed E-state index contributed by atoms with van der Waals surface area (Å²) in [5.74, 6) is -0.495. The minimum Gasteiger partial charge on any atom is -0.352 e. The summed E-state index contributed by atoms with van der Waals surface area (Å²) in [6, 6.07) is 15.0. The highest BCUT2D eigenvalue weighted by molar-refractivity contribution is 7.89. The average Bonchev–Trinajstić information content (AvgIpc) is 2.80. The molecular weight excluding hydrogens is 426 g/mol. The molecular formula is C24H33N3O4S. The van der Waals surface area contributed by atoms with Gasteiger partial charge in [-0.25, -0.2) is 8.42 Å². The lowest BCUT2D eigenvalue weighted by Crippen LogP contribution is -2.33. The molecule has 0 saturated heterocycles. The fourth-order valence-electron chi connectivity index (χ4n) is 3.09. The summed E-state index contributed by atoms with van der Waals surface area (Å²) in [4.78, 5) is 24.4. The summed E-state index contributed by atoms with van der Waals surface area (Å²) in [6.45, 7) is 5.29. The van der Waals surface area contributed by atoms with Crippen LogP contribution in [-0.4, -0.2) is 44.2 Å². The van der Waals surface area contributed by atoms with Crippen LogP contribution in [0.3, 0.4) is 0 Å². The van der Waals surface area contributed by atoms with Crippen LogP contribution in [0.25, 0.3) is 0 Å². The van der Waals surface area contributed by atoms with Crippen LogP contribution in [0.2, 0.25) is 0 Å². The maximum Gasteiger partial charge on any atom is 0.251 e. The first kappa shape index (κ1) is 25.5. The van der Waals surface area contributed by atoms with Crippen molar-refractivity contribution in [1.82, 2.24) is 9.62 Å². The minimum atomic E-state index is -3.57. The van der Waals surface area contributed by atoms with E-state index in [4.69, 9.17) is 0 Å². The van der Waals surface area contributed by atoms with Crippen LogP contribution < -0.4 is 10.6 Å². The number of benzene rings is 2. The molecule has 174 valence electrons. The van der Waals surface area contributed by atoms with E-state index in [1.807, 2.05) is 19.9 Å². The Morgan fingerprint density at radius 2 is 1.47 bits per heavy atom. The molecule has 2 N–H and O–H groups in total. The summed E-state index contributed by atoms with van der Waals surface area (Å²) < 4.78 is 27.5. The van der Waals surface area contributed by atoms with Crippen LogP contribution in [-0.2, 0) is 14.8 Å². The molecule has 0 aliphatic rings. The third kappa shape index (κ3) is 7.76. The van der Waals surface area contributed by atoms with Crippen LogP contribution in [0.15, 0.2) is 59.5 Å². The maximum atomic E-state index is 13.0. The fourth-order valence-corrected chi connectivity index (χ4v) is 4.60. The third-order valence-electron chi connectivity index (χ3n) is 4.97. The predicted molar refractivity (Wildman–Crippen MR) is 127 cm³/mol. The maximum absolute atomic E-state index is 13.0. The van der Waals surface area contributed by atoms with Crippen LogP contribution in [0, 0.1) is 0 Å². The van der Waals surface area contributed by atoms with Crippen LogP contribution in [0.1, 0.15) is 56.3 Å². The Kier molecular flexibility index (Phi) is 10.4. The fraction of sp³-hybridized carbons (Fsp3) is 0.417. The van der Waals surface area contributed by atoms with Gasteiger partial charge in [-0.3, -0.25) is 9.59 Å². The molecule has 8 heteroatoms. The quantitative estimate of drug-likeness (QED) is 0.473. The lowest BCUT2D eigenvalue weighted by molar-refractivity contribution is -0.116. The number of unbranched alkanes of at least 4 members (excludes halogenated alkanes) is 2. The molecule has 2 aromatic carbocycles. The lowest BCUT2D eigenvalue weighted by Gasteiger charge is -2.22. The monoisotopic (exact) mass is 459 g/mol. The summed E-state index contributed by atoms with van der Waals surface area (Å²) in [6.07, 6.45) is 3.60. The Morgan fingerprint density at radius 1 is 0.875 bits per heavy atom. The number of hydrogen-bond acceptors (Lipinski definition) is 4. The lowest BCUT2D eigenvalue weighted by atomic mass is 10.2. The number of nitrogens with zero attached hydrogens (tertiary/aromatic N) is 1. The minimum absolute atomic E-state index is 0.112. The number of nitrogens with one attached hydrogen (secondary N) is 2. The first-order valence-electron chi connectivity index (χ1n) is 11.1. The van der Waals surface area contributed by atoms with Gasteiger partial charge >= 0.3 is 0 Å². The van der Waals surface area contributed by atoms with Crippen LogP contribution in [0.5, 0.6) is 0 Å². The molecule has 2 amide bonds. The molecule has 2 aromatic rings. The van der Waals surface area contributed by atoms with E-state index in [2.05, 4.69) is 10.6 Å². The van der Waals surface area contributed by atoms with E-state index in [-0.39, 0.29) is 29.7 Å². The van der Waals surface area contributed by atoms with E-state index >= 15 is 0 Å². The van der Waals surface area contributed by atoms with Gasteiger partial charge in [0.2, 0.25) is 15.9 Å². The number of carbonyl (C=O) groups is 2. The predicted octanol–water partition coefficient (Wildman–Crippen LogP) is 4.04. The van der Waals surface area contributed by atoms with Gasteiger partial charge in [-0.15, -0.1) is 0 Å². The van der Waals surface area contributed by atoms with E-state index in [0.29, 0.717) is 24.3 Å². The number of amides is 2. The largest absolute Gasteiger partial charge is 0.352 e. The van der Waals surface area contributed by atoms with Crippen LogP contribution in [0.4, 0.5) is 5.69 Å². The summed E-state index contributed by atoms with van der Waals surface area (Å²) in [7, 11) is -3.57. The zero-order valence-corrected chi connectivity index (χ0v) is 19.7. The van der Waals surface area contributed by atoms with Gasteiger partial charge in [0.05, 0.1) is 4.90 Å². The molecule has 32 heavy (non-hydrogen) atoms. The number of hydrogen-bond donors (Lipinski definition) is 2. The molecule has 0 heterocycles.